The van der Waals surface area contributed by atoms with Gasteiger partial charge in [-0.1, -0.05) is 327 Å². The van der Waals surface area contributed by atoms with Crippen LogP contribution in [-0.4, -0.2) is 15.8 Å². The summed E-state index contributed by atoms with van der Waals surface area (Å²) in [5.74, 6) is 0. The van der Waals surface area contributed by atoms with Gasteiger partial charge in [0.2, 0.25) is 0 Å². The summed E-state index contributed by atoms with van der Waals surface area (Å²) in [6.07, 6.45) is 0. The Kier molecular flexibility index (Phi) is 13.1. The highest BCUT2D eigenvalue weighted by atomic mass is 15.2. The Bertz CT molecular complexity index is 6480. The van der Waals surface area contributed by atoms with Gasteiger partial charge in [-0.2, -0.15) is 0 Å². The summed E-state index contributed by atoms with van der Waals surface area (Å²) in [6, 6.07) is 53.3. The molecule has 0 radical (unpaired) electrons. The lowest BCUT2D eigenvalue weighted by molar-refractivity contribution is 0.589. The third-order valence-corrected chi connectivity index (χ3v) is 23.1. The number of para-hydroxylation sites is 4. The van der Waals surface area contributed by atoms with Crippen molar-refractivity contribution in [2.45, 2.75) is 183 Å². The monoisotopic (exact) mass is 1460 g/mol. The second-order valence-electron chi connectivity index (χ2n) is 38.0. The fourth-order valence-corrected chi connectivity index (χ4v) is 16.6. The number of benzene rings is 13. The topological polar surface area (TPSA) is 16.3 Å². The van der Waals surface area contributed by atoms with Crippen molar-refractivity contribution in [3.8, 4) is 55.9 Å². The molecule has 13 aromatic carbocycles. The summed E-state index contributed by atoms with van der Waals surface area (Å²) in [7, 11) is 0. The van der Waals surface area contributed by atoms with Gasteiger partial charge < -0.3 is 18.9 Å². The van der Waals surface area contributed by atoms with E-state index in [2.05, 4.69) is 301 Å². The summed E-state index contributed by atoms with van der Waals surface area (Å²) in [5.41, 5.74) is 19.4. The molecule has 2 aromatic heterocycles. The lowest BCUT2D eigenvalue weighted by atomic mass is 9.33. The van der Waals surface area contributed by atoms with E-state index in [0.29, 0.717) is 22.7 Å². The maximum Gasteiger partial charge on any atom is 0.252 e. The molecule has 0 aliphatic carbocycles. The molecule has 5 heteroatoms. The third kappa shape index (κ3) is 12.5. The highest BCUT2D eigenvalue weighted by Gasteiger charge is 2.47. The van der Waals surface area contributed by atoms with Crippen molar-refractivity contribution in [3.63, 3.8) is 0 Å². The highest BCUT2D eigenvalue weighted by Crippen LogP contribution is 2.56. The highest BCUT2D eigenvalue weighted by molar-refractivity contribution is 7.00. The summed E-state index contributed by atoms with van der Waals surface area (Å²) in [4.78, 5) is 4.79. The van der Waals surface area contributed by atoms with Gasteiger partial charge in [-0.15, -0.1) is 0 Å². The molecule has 0 saturated carbocycles. The van der Waals surface area contributed by atoms with E-state index < -0.39 is 120 Å². The van der Waals surface area contributed by atoms with Crippen molar-refractivity contribution in [3.05, 3.63) is 305 Å². The van der Waals surface area contributed by atoms with Gasteiger partial charge >= 0.3 is 0 Å². The van der Waals surface area contributed by atoms with E-state index in [9.17, 15) is 21.9 Å². The normalized spacial score (nSPS) is 15.6. The average molecular weight is 1460 g/mol. The first-order valence-corrected chi connectivity index (χ1v) is 39.0. The molecule has 0 unspecified atom stereocenters. The molecule has 111 heavy (non-hydrogen) atoms. The van der Waals surface area contributed by atoms with Crippen LogP contribution in [0.5, 0.6) is 0 Å². The van der Waals surface area contributed by atoms with Crippen molar-refractivity contribution < 1.29 is 21.9 Å². The Morgan fingerprint density at radius 3 is 0.721 bits per heavy atom. The van der Waals surface area contributed by atoms with Gasteiger partial charge in [-0.25, -0.2) is 0 Å². The Morgan fingerprint density at radius 2 is 0.477 bits per heavy atom. The van der Waals surface area contributed by atoms with E-state index in [4.69, 9.17) is 0 Å². The fourth-order valence-electron chi connectivity index (χ4n) is 16.6. The molecule has 0 atom stereocenters. The molecule has 0 saturated heterocycles. The zero-order chi connectivity index (χ0) is 92.1. The van der Waals surface area contributed by atoms with Gasteiger partial charge in [0.15, 0.2) is 0 Å². The van der Waals surface area contributed by atoms with Crippen molar-refractivity contribution in [2.75, 3.05) is 9.80 Å². The van der Waals surface area contributed by atoms with Gasteiger partial charge in [0.25, 0.3) is 6.71 Å². The molecule has 17 rings (SSSR count). The summed E-state index contributed by atoms with van der Waals surface area (Å²) in [6.45, 7) is 45.8. The zero-order valence-electron chi connectivity index (χ0n) is 84.0. The summed E-state index contributed by atoms with van der Waals surface area (Å²) >= 11 is 0. The predicted octanol–water partition coefficient (Wildman–Crippen LogP) is 27.7. The Hall–Kier alpha value is -10.9. The largest absolute Gasteiger partial charge is 0.310 e. The van der Waals surface area contributed by atoms with Crippen LogP contribution in [0.25, 0.3) is 99.5 Å². The van der Waals surface area contributed by atoms with Crippen LogP contribution in [0.3, 0.4) is 0 Å². The van der Waals surface area contributed by atoms with Crippen molar-refractivity contribution in [1.29, 1.82) is 0 Å². The number of fused-ring (bicyclic) bond motifs is 10. The minimum absolute atomic E-state index is 0.0436. The lowest BCUT2D eigenvalue weighted by Gasteiger charge is -2.47. The SMILES string of the molecule is [2H]c1c([2H])c([2H])c2c(c1[2H])c1c([2H])c([2H])c([2H])c([2H])c1n2-c1ccc2c(c1)N(c1c(-c3ccc(C(C)(C)C)cc3)cc(C(C)(C)C)cc1-c1ccc(C(C)(C)C)cc1)c1cc(C(C)(C)C)cc3c1B2c1ccc(-n2c4c([2H])c([2H])c([2H])c([2H])c4c4c([2H])c([2H])c([2H])c([2H])c42)cc1N3c1c(-c2ccc(C(C)(C)C)cc2)cc(C(C)(C)C)cc1-c1ccc(C(C)(C)C)cc1. The first-order valence-electron chi connectivity index (χ1n) is 47.0. The van der Waals surface area contributed by atoms with E-state index in [1.165, 1.54) is 0 Å². The predicted molar refractivity (Wildman–Crippen MR) is 482 cm³/mol. The fraction of sp³-hybridized carbons (Fsp3) is 0.264. The molecule has 2 aliphatic rings. The number of hydrogen-bond donors (Lipinski definition) is 0. The minimum atomic E-state index is -0.782. The van der Waals surface area contributed by atoms with Gasteiger partial charge in [-0.05, 0) is 200 Å². The molecule has 4 heterocycles. The van der Waals surface area contributed by atoms with Crippen LogP contribution < -0.4 is 26.2 Å². The van der Waals surface area contributed by atoms with Crippen LogP contribution in [-0.2, 0) is 37.9 Å². The van der Waals surface area contributed by atoms with Gasteiger partial charge in [0.05, 0.1) is 55.4 Å². The second kappa shape index (κ2) is 25.9. The first kappa shape index (κ1) is 56.4. The van der Waals surface area contributed by atoms with Gasteiger partial charge in [-0.3, -0.25) is 0 Å². The molecule has 0 amide bonds. The standard InChI is InChI=1S/C106H107BN4/c1-100(2,3)70-46-38-66(39-47-70)83-58-74(104(13,14)15)59-84(67-40-48-71(49-41-67)101(4,5)6)98(83)110-93-64-77(108-89-34-26-22-30-79(89)80-31-23-27-35-90(80)108)54-56-87(93)107-88-57-55-78(109-91-36-28-24-32-81(91)82-33-25-29-37-92(82)109)65-94(88)111(96-63-76(106(19,20)21)62-95(110)97(96)107)99-85(68-42-50-72(51-43-68)102(7,8)9)60-75(105(16,17)18)61-86(99)69-44-52-73(53-45-69)103(10,11)12/h22-65H,1-21H3/i22D,23D,24D,25D,26D,27D,28D,29D,30D,31D,32D,33D,34D,35D,36D,37D. The first-order chi connectivity index (χ1) is 59.1. The average Bonchev–Trinajstić information content (AvgIpc) is 0.906. The number of anilines is 6. The molecular formula is C106H107BN4. The maximum absolute atomic E-state index is 10.00. The molecule has 0 N–H and O–H groups in total. The third-order valence-electron chi connectivity index (χ3n) is 23.1. The van der Waals surface area contributed by atoms with E-state index in [-0.39, 0.29) is 65.3 Å². The van der Waals surface area contributed by atoms with E-state index in [1.54, 1.807) is 9.13 Å². The van der Waals surface area contributed by atoms with Crippen LogP contribution in [0.4, 0.5) is 34.1 Å². The lowest BCUT2D eigenvalue weighted by Crippen LogP contribution is -2.61. The summed E-state index contributed by atoms with van der Waals surface area (Å²) in [5, 5.41) is -0.266. The minimum Gasteiger partial charge on any atom is -0.310 e. The van der Waals surface area contributed by atoms with E-state index in [1.807, 2.05) is 24.3 Å². The van der Waals surface area contributed by atoms with Crippen molar-refractivity contribution in [1.82, 2.24) is 9.13 Å². The molecule has 0 bridgehead atoms. The Morgan fingerprint density at radius 1 is 0.243 bits per heavy atom. The Balaban J connectivity index is 1.13. The van der Waals surface area contributed by atoms with Gasteiger partial charge in [0, 0.05) is 77.9 Å². The molecule has 4 nitrogen and oxygen atoms in total. The van der Waals surface area contributed by atoms with Crippen LogP contribution in [0.15, 0.2) is 267 Å². The van der Waals surface area contributed by atoms with Crippen LogP contribution >= 0.6 is 0 Å². The molecule has 0 fully saturated rings. The smallest absolute Gasteiger partial charge is 0.252 e. The van der Waals surface area contributed by atoms with Crippen LogP contribution in [0, 0.1) is 0 Å². The molecular weight excluding hydrogens is 1340 g/mol. The maximum atomic E-state index is 10.00. The molecule has 2 aliphatic heterocycles. The van der Waals surface area contributed by atoms with Gasteiger partial charge in [0.1, 0.15) is 0 Å². The second-order valence-corrected chi connectivity index (χ2v) is 38.0. The molecule has 554 valence electrons. The van der Waals surface area contributed by atoms with Crippen molar-refractivity contribution >= 4 is 101 Å². The Labute approximate surface area is 683 Å². The number of hydrogen-bond acceptors (Lipinski definition) is 2. The van der Waals surface area contributed by atoms with E-state index >= 15 is 0 Å². The zero-order valence-corrected chi connectivity index (χ0v) is 68.0. The number of aromatic nitrogens is 2. The molecule has 0 spiro atoms. The van der Waals surface area contributed by atoms with Crippen molar-refractivity contribution in [2.24, 2.45) is 0 Å². The van der Waals surface area contributed by atoms with Crippen LogP contribution in [0.1, 0.15) is 206 Å². The number of rotatable bonds is 8. The quantitative estimate of drug-likeness (QED) is 0.141. The molecule has 15 aromatic rings. The van der Waals surface area contributed by atoms with Crippen LogP contribution in [0.2, 0.25) is 0 Å². The summed E-state index contributed by atoms with van der Waals surface area (Å²) < 4.78 is 156. The van der Waals surface area contributed by atoms with E-state index in [0.717, 1.165) is 123 Å². The number of nitrogens with zero attached hydrogens (tertiary/aromatic N) is 4.